The van der Waals surface area contributed by atoms with E-state index in [0.717, 1.165) is 0 Å². The van der Waals surface area contributed by atoms with Gasteiger partial charge in [0.05, 0.1) is 18.4 Å². The first kappa shape index (κ1) is 14.7. The van der Waals surface area contributed by atoms with Crippen LogP contribution in [-0.2, 0) is 0 Å². The summed E-state index contributed by atoms with van der Waals surface area (Å²) in [5, 5.41) is 2.07. The van der Waals surface area contributed by atoms with E-state index in [2.05, 4.69) is 5.32 Å². The third-order valence-electron chi connectivity index (χ3n) is 2.74. The highest BCUT2D eigenvalue weighted by Gasteiger charge is 2.16. The van der Waals surface area contributed by atoms with Gasteiger partial charge in [-0.3, -0.25) is 4.79 Å². The normalized spacial score (nSPS) is 10.3. The molecule has 3 N–H and O–H groups in total. The van der Waals surface area contributed by atoms with Gasteiger partial charge in [0.15, 0.2) is 11.6 Å². The van der Waals surface area contributed by atoms with E-state index in [1.807, 2.05) is 0 Å². The number of hydrogen-bond donors (Lipinski definition) is 2. The molecule has 0 atom stereocenters. The Hall–Kier alpha value is -2.70. The van der Waals surface area contributed by atoms with Crippen LogP contribution in [-0.4, -0.2) is 13.0 Å². The van der Waals surface area contributed by atoms with Crippen LogP contribution in [0.25, 0.3) is 0 Å². The predicted molar refractivity (Wildman–Crippen MR) is 71.7 cm³/mol. The summed E-state index contributed by atoms with van der Waals surface area (Å²) in [5.74, 6) is -4.11. The molecule has 0 bridgehead atoms. The fourth-order valence-electron chi connectivity index (χ4n) is 1.71. The average molecular weight is 296 g/mol. The predicted octanol–water partition coefficient (Wildman–Crippen LogP) is 2.95. The van der Waals surface area contributed by atoms with E-state index in [9.17, 15) is 18.0 Å². The zero-order valence-electron chi connectivity index (χ0n) is 10.9. The number of rotatable bonds is 3. The maximum Gasteiger partial charge on any atom is 0.257 e. The summed E-state index contributed by atoms with van der Waals surface area (Å²) < 4.78 is 44.5. The number of anilines is 2. The van der Waals surface area contributed by atoms with Gasteiger partial charge >= 0.3 is 0 Å². The van der Waals surface area contributed by atoms with Crippen molar-refractivity contribution in [2.24, 2.45) is 0 Å². The number of nitrogen functional groups attached to an aromatic ring is 1. The summed E-state index contributed by atoms with van der Waals surface area (Å²) in [6.45, 7) is 0. The molecule has 0 radical (unpaired) electrons. The van der Waals surface area contributed by atoms with Crippen LogP contribution in [0, 0.1) is 17.5 Å². The zero-order valence-corrected chi connectivity index (χ0v) is 10.9. The summed E-state index contributed by atoms with van der Waals surface area (Å²) in [6, 6.07) is 5.30. The molecule has 0 saturated carbocycles. The first-order valence-corrected chi connectivity index (χ1v) is 5.81. The van der Waals surface area contributed by atoms with Crippen molar-refractivity contribution in [1.29, 1.82) is 0 Å². The Bertz CT molecular complexity index is 705. The van der Waals surface area contributed by atoms with Gasteiger partial charge in [-0.05, 0) is 12.1 Å². The van der Waals surface area contributed by atoms with Gasteiger partial charge in [0.2, 0.25) is 0 Å². The maximum absolute atomic E-state index is 13.5. The molecule has 4 nitrogen and oxygen atoms in total. The molecular formula is C14H11F3N2O2. The molecule has 0 saturated heterocycles. The number of nitrogens with one attached hydrogen (secondary N) is 1. The Morgan fingerprint density at radius 1 is 1.19 bits per heavy atom. The first-order chi connectivity index (χ1) is 9.92. The molecule has 0 aliphatic heterocycles. The highest BCUT2D eigenvalue weighted by atomic mass is 19.2. The second kappa shape index (κ2) is 5.74. The Morgan fingerprint density at radius 3 is 2.52 bits per heavy atom. The van der Waals surface area contributed by atoms with Crippen molar-refractivity contribution in [2.45, 2.75) is 0 Å². The molecule has 0 heterocycles. The van der Waals surface area contributed by atoms with Crippen molar-refractivity contribution >= 4 is 17.3 Å². The molecule has 1 amide bonds. The van der Waals surface area contributed by atoms with Gasteiger partial charge < -0.3 is 15.8 Å². The second-order valence-electron chi connectivity index (χ2n) is 4.16. The van der Waals surface area contributed by atoms with Gasteiger partial charge in [-0.25, -0.2) is 13.2 Å². The van der Waals surface area contributed by atoms with Gasteiger partial charge in [-0.15, -0.1) is 0 Å². The van der Waals surface area contributed by atoms with E-state index in [4.69, 9.17) is 10.5 Å². The van der Waals surface area contributed by atoms with Crippen molar-refractivity contribution in [1.82, 2.24) is 0 Å². The van der Waals surface area contributed by atoms with Crippen molar-refractivity contribution < 1.29 is 22.7 Å². The molecule has 7 heteroatoms. The lowest BCUT2D eigenvalue weighted by atomic mass is 10.1. The quantitative estimate of drug-likeness (QED) is 0.676. The standard InChI is InChI=1S/C14H11F3N2O2/c1-21-8-2-3-9(11(18)6-8)14(20)19-12-5-7(15)4-10(16)13(12)17/h2-6H,18H2,1H3,(H,19,20). The molecule has 2 rings (SSSR count). The van der Waals surface area contributed by atoms with Crippen LogP contribution in [0.3, 0.4) is 0 Å². The maximum atomic E-state index is 13.5. The smallest absolute Gasteiger partial charge is 0.257 e. The van der Waals surface area contributed by atoms with Crippen molar-refractivity contribution in [3.05, 3.63) is 53.3 Å². The Morgan fingerprint density at radius 2 is 1.90 bits per heavy atom. The Kier molecular flexibility index (Phi) is 4.02. The number of nitrogens with two attached hydrogens (primary N) is 1. The lowest BCUT2D eigenvalue weighted by molar-refractivity contribution is 0.102. The van der Waals surface area contributed by atoms with E-state index in [-0.39, 0.29) is 11.3 Å². The molecule has 21 heavy (non-hydrogen) atoms. The fourth-order valence-corrected chi connectivity index (χ4v) is 1.71. The topological polar surface area (TPSA) is 64.3 Å². The molecule has 0 aromatic heterocycles. The van der Waals surface area contributed by atoms with Crippen molar-refractivity contribution in [2.75, 3.05) is 18.2 Å². The van der Waals surface area contributed by atoms with Gasteiger partial charge in [0, 0.05) is 23.9 Å². The van der Waals surface area contributed by atoms with Crippen LogP contribution in [0.1, 0.15) is 10.4 Å². The molecule has 0 aliphatic carbocycles. The van der Waals surface area contributed by atoms with Crippen LogP contribution < -0.4 is 15.8 Å². The molecule has 0 fully saturated rings. The van der Waals surface area contributed by atoms with E-state index < -0.39 is 29.0 Å². The Balaban J connectivity index is 2.30. The minimum Gasteiger partial charge on any atom is -0.497 e. The van der Waals surface area contributed by atoms with E-state index in [1.165, 1.54) is 25.3 Å². The van der Waals surface area contributed by atoms with Crippen molar-refractivity contribution in [3.8, 4) is 5.75 Å². The molecule has 0 aliphatic rings. The summed E-state index contributed by atoms with van der Waals surface area (Å²) in [4.78, 5) is 12.0. The van der Waals surface area contributed by atoms with Crippen LogP contribution in [0.15, 0.2) is 30.3 Å². The zero-order chi connectivity index (χ0) is 15.6. The van der Waals surface area contributed by atoms with Gasteiger partial charge in [0.25, 0.3) is 5.91 Å². The van der Waals surface area contributed by atoms with E-state index in [0.29, 0.717) is 17.9 Å². The lowest BCUT2D eigenvalue weighted by Crippen LogP contribution is -2.15. The number of amides is 1. The minimum atomic E-state index is -1.40. The van der Waals surface area contributed by atoms with Crippen LogP contribution in [0.5, 0.6) is 5.75 Å². The van der Waals surface area contributed by atoms with Gasteiger partial charge in [-0.2, -0.15) is 0 Å². The average Bonchev–Trinajstić information content (AvgIpc) is 2.43. The van der Waals surface area contributed by atoms with Crippen LogP contribution >= 0.6 is 0 Å². The minimum absolute atomic E-state index is 0.0277. The number of methoxy groups -OCH3 is 1. The van der Waals surface area contributed by atoms with Crippen molar-refractivity contribution in [3.63, 3.8) is 0 Å². The molecular weight excluding hydrogens is 285 g/mol. The Labute approximate surface area is 118 Å². The fraction of sp³-hybridized carbons (Fsp3) is 0.0714. The number of benzene rings is 2. The number of ether oxygens (including phenoxy) is 1. The van der Waals surface area contributed by atoms with E-state index >= 15 is 0 Å². The highest BCUT2D eigenvalue weighted by molar-refractivity contribution is 6.07. The monoisotopic (exact) mass is 296 g/mol. The molecule has 0 unspecified atom stereocenters. The third kappa shape index (κ3) is 3.07. The summed E-state index contributed by atoms with van der Waals surface area (Å²) in [6.07, 6.45) is 0. The van der Waals surface area contributed by atoms with Gasteiger partial charge in [-0.1, -0.05) is 0 Å². The third-order valence-corrected chi connectivity index (χ3v) is 2.74. The molecule has 2 aromatic rings. The summed E-state index contributed by atoms with van der Waals surface area (Å²) in [5.41, 5.74) is 5.18. The molecule has 2 aromatic carbocycles. The van der Waals surface area contributed by atoms with E-state index in [1.54, 1.807) is 0 Å². The summed E-state index contributed by atoms with van der Waals surface area (Å²) in [7, 11) is 1.43. The number of carbonyl (C=O) groups excluding carboxylic acids is 1. The lowest BCUT2D eigenvalue weighted by Gasteiger charge is -2.10. The first-order valence-electron chi connectivity index (χ1n) is 5.81. The number of hydrogen-bond acceptors (Lipinski definition) is 3. The number of carbonyl (C=O) groups is 1. The molecule has 110 valence electrons. The van der Waals surface area contributed by atoms with Crippen LogP contribution in [0.4, 0.5) is 24.5 Å². The van der Waals surface area contributed by atoms with Gasteiger partial charge in [0.1, 0.15) is 11.6 Å². The largest absolute Gasteiger partial charge is 0.497 e. The summed E-state index contributed by atoms with van der Waals surface area (Å²) >= 11 is 0. The highest BCUT2D eigenvalue weighted by Crippen LogP contribution is 2.23. The van der Waals surface area contributed by atoms with Crippen LogP contribution in [0.2, 0.25) is 0 Å². The SMILES string of the molecule is COc1ccc(C(=O)Nc2cc(F)cc(F)c2F)c(N)c1. The molecule has 0 spiro atoms. The number of halogens is 3. The second-order valence-corrected chi connectivity index (χ2v) is 4.16.